The summed E-state index contributed by atoms with van der Waals surface area (Å²) in [6, 6.07) is 4.28. The summed E-state index contributed by atoms with van der Waals surface area (Å²) in [7, 11) is 0. The Bertz CT molecular complexity index is 659. The number of carboxylic acids is 2. The highest BCUT2D eigenvalue weighted by molar-refractivity contribution is 6.42. The largest absolute Gasteiger partial charge is 0.481 e. The summed E-state index contributed by atoms with van der Waals surface area (Å²) in [4.78, 5) is 27.5. The van der Waals surface area contributed by atoms with E-state index in [1.807, 2.05) is 0 Å². The molecule has 0 amide bonds. The van der Waals surface area contributed by atoms with Gasteiger partial charge in [0.05, 0.1) is 22.0 Å². The molecule has 0 aliphatic carbocycles. The molecule has 1 aromatic rings. The summed E-state index contributed by atoms with van der Waals surface area (Å²) >= 11 is 12.2. The molecule has 22 heavy (non-hydrogen) atoms. The maximum absolute atomic E-state index is 11.7. The third-order valence-corrected chi connectivity index (χ3v) is 4.85. The van der Waals surface area contributed by atoms with Crippen LogP contribution in [-0.4, -0.2) is 33.9 Å². The van der Waals surface area contributed by atoms with Crippen molar-refractivity contribution in [2.75, 3.05) is 0 Å². The minimum atomic E-state index is -1.12. The van der Waals surface area contributed by atoms with Gasteiger partial charge in [0.15, 0.2) is 0 Å². The second-order valence-corrected chi connectivity index (χ2v) is 6.15. The first-order chi connectivity index (χ1) is 10.3. The maximum Gasteiger partial charge on any atom is 0.312 e. The smallest absolute Gasteiger partial charge is 0.312 e. The fourth-order valence-corrected chi connectivity index (χ4v) is 3.53. The fraction of sp³-hybridized carbons (Fsp3) is 0.400. The monoisotopic (exact) mass is 343 g/mol. The average molecular weight is 344 g/mol. The number of halogens is 2. The predicted octanol–water partition coefficient (Wildman–Crippen LogP) is 3.34. The van der Waals surface area contributed by atoms with Crippen LogP contribution < -0.4 is 0 Å². The van der Waals surface area contributed by atoms with Crippen LogP contribution in [0.4, 0.5) is 0 Å². The topological polar surface area (TPSA) is 87.0 Å². The van der Waals surface area contributed by atoms with Gasteiger partial charge in [0, 0.05) is 11.6 Å². The van der Waals surface area contributed by atoms with Crippen molar-refractivity contribution < 1.29 is 19.8 Å². The Morgan fingerprint density at radius 2 is 1.82 bits per heavy atom. The third kappa shape index (κ3) is 2.83. The number of benzene rings is 1. The molecule has 118 valence electrons. The van der Waals surface area contributed by atoms with Crippen LogP contribution >= 0.6 is 23.2 Å². The lowest BCUT2D eigenvalue weighted by molar-refractivity contribution is -0.146. The molecule has 0 aromatic heterocycles. The molecule has 1 aliphatic rings. The number of carbonyl (C=O) groups is 2. The summed E-state index contributed by atoms with van der Waals surface area (Å²) in [6.07, 6.45) is 0. The zero-order chi connectivity index (χ0) is 16.6. The molecule has 0 fully saturated rings. The summed E-state index contributed by atoms with van der Waals surface area (Å²) in [5, 5.41) is 19.5. The number of aliphatic imine (C=N–C) groups is 1. The minimum Gasteiger partial charge on any atom is -0.481 e. The number of hydrogen-bond acceptors (Lipinski definition) is 3. The summed E-state index contributed by atoms with van der Waals surface area (Å²) in [6.45, 7) is 3.25. The standard InChI is InChI=1S/C15H15Cl2NO4/c1-6-10(14(19)20)12(11(15(21)22)7(2)18-6)8-4-3-5-9(16)13(8)17/h3-6,10-12H,1-2H3,(H,19,20)(H,21,22). The zero-order valence-corrected chi connectivity index (χ0v) is 13.5. The van der Waals surface area contributed by atoms with Crippen molar-refractivity contribution >= 4 is 40.9 Å². The molecule has 4 atom stereocenters. The fourth-order valence-electron chi connectivity index (χ4n) is 3.09. The van der Waals surface area contributed by atoms with Crippen LogP contribution in [0.25, 0.3) is 0 Å². The van der Waals surface area contributed by atoms with Crippen LogP contribution in [0.1, 0.15) is 25.3 Å². The Kier molecular flexibility index (Phi) is 4.78. The quantitative estimate of drug-likeness (QED) is 0.880. The average Bonchev–Trinajstić information content (AvgIpc) is 2.39. The van der Waals surface area contributed by atoms with E-state index in [4.69, 9.17) is 23.2 Å². The van der Waals surface area contributed by atoms with Crippen molar-refractivity contribution in [1.29, 1.82) is 0 Å². The Morgan fingerprint density at radius 3 is 2.36 bits per heavy atom. The molecule has 0 spiro atoms. The molecule has 0 saturated carbocycles. The summed E-state index contributed by atoms with van der Waals surface area (Å²) in [5.74, 6) is -5.08. The van der Waals surface area contributed by atoms with Gasteiger partial charge in [-0.25, -0.2) is 0 Å². The molecule has 1 aromatic carbocycles. The Labute approximate surface area is 137 Å². The van der Waals surface area contributed by atoms with Crippen LogP contribution in [0.3, 0.4) is 0 Å². The maximum atomic E-state index is 11.7. The van der Waals surface area contributed by atoms with Crippen LogP contribution in [0.5, 0.6) is 0 Å². The molecule has 1 heterocycles. The van der Waals surface area contributed by atoms with Crippen molar-refractivity contribution in [3.63, 3.8) is 0 Å². The van der Waals surface area contributed by atoms with E-state index in [2.05, 4.69) is 4.99 Å². The van der Waals surface area contributed by atoms with Gasteiger partial charge < -0.3 is 10.2 Å². The van der Waals surface area contributed by atoms with Crippen LogP contribution in [-0.2, 0) is 9.59 Å². The molecule has 1 aliphatic heterocycles. The summed E-state index contributed by atoms with van der Waals surface area (Å²) < 4.78 is 0. The van der Waals surface area contributed by atoms with Crippen molar-refractivity contribution in [3.05, 3.63) is 33.8 Å². The molecule has 0 radical (unpaired) electrons. The number of nitrogens with zero attached hydrogens (tertiary/aromatic N) is 1. The first-order valence-corrected chi connectivity index (χ1v) is 7.45. The normalized spacial score (nSPS) is 28.1. The van der Waals surface area contributed by atoms with Gasteiger partial charge in [0.1, 0.15) is 5.92 Å². The molecular weight excluding hydrogens is 329 g/mol. The highest BCUT2D eigenvalue weighted by Gasteiger charge is 2.47. The summed E-state index contributed by atoms with van der Waals surface area (Å²) in [5.41, 5.74) is 0.814. The number of hydrogen-bond donors (Lipinski definition) is 2. The SMILES string of the molecule is CC1=NC(C)C(C(=O)O)C(c2cccc(Cl)c2Cl)C1C(=O)O. The van der Waals surface area contributed by atoms with Crippen LogP contribution in [0.2, 0.25) is 10.0 Å². The molecule has 7 heteroatoms. The van der Waals surface area contributed by atoms with Gasteiger partial charge in [-0.15, -0.1) is 0 Å². The van der Waals surface area contributed by atoms with Gasteiger partial charge in [-0.1, -0.05) is 35.3 Å². The van der Waals surface area contributed by atoms with E-state index in [0.29, 0.717) is 11.3 Å². The molecule has 4 unspecified atom stereocenters. The lowest BCUT2D eigenvalue weighted by Crippen LogP contribution is -2.44. The van der Waals surface area contributed by atoms with E-state index in [1.165, 1.54) is 0 Å². The second kappa shape index (κ2) is 6.26. The molecule has 2 rings (SSSR count). The predicted molar refractivity (Wildman–Crippen MR) is 84.0 cm³/mol. The van der Waals surface area contributed by atoms with Crippen LogP contribution in [0.15, 0.2) is 23.2 Å². The van der Waals surface area contributed by atoms with E-state index >= 15 is 0 Å². The van der Waals surface area contributed by atoms with E-state index in [-0.39, 0.29) is 10.0 Å². The Hall–Kier alpha value is -1.59. The molecule has 5 nitrogen and oxygen atoms in total. The first kappa shape index (κ1) is 16.8. The van der Waals surface area contributed by atoms with Gasteiger partial charge in [0.25, 0.3) is 0 Å². The minimum absolute atomic E-state index is 0.188. The Balaban J connectivity index is 2.68. The number of carboxylic acid groups (broad SMARTS) is 2. The lowest BCUT2D eigenvalue weighted by Gasteiger charge is -2.36. The van der Waals surface area contributed by atoms with Crippen molar-refractivity contribution in [3.8, 4) is 0 Å². The molecule has 2 N–H and O–H groups in total. The van der Waals surface area contributed by atoms with Gasteiger partial charge in [-0.05, 0) is 25.5 Å². The van der Waals surface area contributed by atoms with Gasteiger partial charge in [-0.3, -0.25) is 14.6 Å². The highest BCUT2D eigenvalue weighted by Crippen LogP contribution is 2.44. The zero-order valence-electron chi connectivity index (χ0n) is 12.0. The molecular formula is C15H15Cl2NO4. The number of aliphatic carboxylic acids is 2. The number of rotatable bonds is 3. The van der Waals surface area contributed by atoms with E-state index in [9.17, 15) is 19.8 Å². The van der Waals surface area contributed by atoms with Gasteiger partial charge in [-0.2, -0.15) is 0 Å². The lowest BCUT2D eigenvalue weighted by atomic mass is 9.70. The second-order valence-electron chi connectivity index (χ2n) is 5.36. The van der Waals surface area contributed by atoms with E-state index < -0.39 is 35.7 Å². The van der Waals surface area contributed by atoms with Crippen molar-refractivity contribution in [2.45, 2.75) is 25.8 Å². The van der Waals surface area contributed by atoms with Gasteiger partial charge >= 0.3 is 11.9 Å². The van der Waals surface area contributed by atoms with E-state index in [0.717, 1.165) is 0 Å². The first-order valence-electron chi connectivity index (χ1n) is 6.69. The highest BCUT2D eigenvalue weighted by atomic mass is 35.5. The van der Waals surface area contributed by atoms with Crippen molar-refractivity contribution in [1.82, 2.24) is 0 Å². The van der Waals surface area contributed by atoms with E-state index in [1.54, 1.807) is 32.0 Å². The third-order valence-electron chi connectivity index (χ3n) is 4.01. The van der Waals surface area contributed by atoms with Crippen molar-refractivity contribution in [2.24, 2.45) is 16.8 Å². The van der Waals surface area contributed by atoms with Gasteiger partial charge in [0.2, 0.25) is 0 Å². The Morgan fingerprint density at radius 1 is 1.18 bits per heavy atom. The van der Waals surface area contributed by atoms with Crippen LogP contribution in [0, 0.1) is 11.8 Å². The molecule has 0 bridgehead atoms. The molecule has 0 saturated heterocycles.